The summed E-state index contributed by atoms with van der Waals surface area (Å²) in [6.07, 6.45) is 0. The fraction of sp³-hybridized carbons (Fsp3) is 0.125. The molecule has 2 heteroatoms. The first kappa shape index (κ1) is 7.17. The van der Waals surface area contributed by atoms with E-state index in [1.54, 1.807) is 12.1 Å². The first-order valence-electron chi connectivity index (χ1n) is 2.94. The minimum Gasteiger partial charge on any atom is -0.192 e. The van der Waals surface area contributed by atoms with Gasteiger partial charge in [-0.25, -0.2) is 0 Å². The van der Waals surface area contributed by atoms with E-state index < -0.39 is 0 Å². The molecule has 0 N–H and O–H groups in total. The zero-order valence-electron chi connectivity index (χ0n) is 5.63. The molecule has 0 unspecified atom stereocenters. The summed E-state index contributed by atoms with van der Waals surface area (Å²) in [5.74, 6) is 0. The first-order valence-corrected chi connectivity index (χ1v) is 3.38. The van der Waals surface area contributed by atoms with E-state index in [1.165, 1.54) is 0 Å². The maximum absolute atomic E-state index is 8.47. The molecule has 1 rings (SSSR count). The van der Waals surface area contributed by atoms with Crippen molar-refractivity contribution in [1.29, 1.82) is 5.26 Å². The highest BCUT2D eigenvalue weighted by Crippen LogP contribution is 2.13. The molecule has 0 aliphatic heterocycles. The van der Waals surface area contributed by atoms with Gasteiger partial charge < -0.3 is 0 Å². The second-order valence-corrected chi connectivity index (χ2v) is 2.59. The summed E-state index contributed by atoms with van der Waals surface area (Å²) < 4.78 is 0. The standard InChI is InChI=1S/C8H7NS/c1-6-2-3-7(5-9)4-8(6)10/h2-4,10H,1H3. The Labute approximate surface area is 65.7 Å². The van der Waals surface area contributed by atoms with E-state index in [-0.39, 0.29) is 0 Å². The topological polar surface area (TPSA) is 23.8 Å². The van der Waals surface area contributed by atoms with Crippen molar-refractivity contribution in [2.75, 3.05) is 0 Å². The number of benzene rings is 1. The lowest BCUT2D eigenvalue weighted by atomic mass is 10.2. The minimum absolute atomic E-state index is 0.663. The molecule has 10 heavy (non-hydrogen) atoms. The van der Waals surface area contributed by atoms with Crippen molar-refractivity contribution in [3.63, 3.8) is 0 Å². The molecule has 0 heterocycles. The average Bonchev–Trinajstić information content (AvgIpc) is 1.95. The largest absolute Gasteiger partial charge is 0.192 e. The summed E-state index contributed by atoms with van der Waals surface area (Å²) in [6, 6.07) is 7.48. The normalized spacial score (nSPS) is 8.90. The first-order chi connectivity index (χ1) is 4.74. The maximum atomic E-state index is 8.47. The van der Waals surface area contributed by atoms with E-state index >= 15 is 0 Å². The van der Waals surface area contributed by atoms with Gasteiger partial charge in [0.25, 0.3) is 0 Å². The Hall–Kier alpha value is -0.940. The third-order valence-electron chi connectivity index (χ3n) is 1.34. The lowest BCUT2D eigenvalue weighted by molar-refractivity contribution is 1.29. The third kappa shape index (κ3) is 1.31. The van der Waals surface area contributed by atoms with Crippen molar-refractivity contribution in [3.8, 4) is 6.07 Å². The molecule has 0 aliphatic rings. The Balaban J connectivity index is 3.20. The highest BCUT2D eigenvalue weighted by Gasteiger charge is 1.93. The van der Waals surface area contributed by atoms with Crippen LogP contribution in [0.15, 0.2) is 23.1 Å². The van der Waals surface area contributed by atoms with E-state index in [0.717, 1.165) is 10.5 Å². The molecule has 0 radical (unpaired) electrons. The van der Waals surface area contributed by atoms with Crippen molar-refractivity contribution in [3.05, 3.63) is 29.3 Å². The third-order valence-corrected chi connectivity index (χ3v) is 1.82. The zero-order valence-corrected chi connectivity index (χ0v) is 6.52. The van der Waals surface area contributed by atoms with Gasteiger partial charge in [-0.05, 0) is 24.6 Å². The SMILES string of the molecule is Cc1ccc(C#N)cc1S. The maximum Gasteiger partial charge on any atom is 0.0992 e. The average molecular weight is 149 g/mol. The highest BCUT2D eigenvalue weighted by molar-refractivity contribution is 7.80. The van der Waals surface area contributed by atoms with Crippen LogP contribution < -0.4 is 0 Å². The van der Waals surface area contributed by atoms with Crippen molar-refractivity contribution >= 4 is 12.6 Å². The monoisotopic (exact) mass is 149 g/mol. The molecule has 0 spiro atoms. The Morgan fingerprint density at radius 1 is 1.50 bits per heavy atom. The molecular weight excluding hydrogens is 142 g/mol. The fourth-order valence-electron chi connectivity index (χ4n) is 0.679. The van der Waals surface area contributed by atoms with Gasteiger partial charge in [-0.3, -0.25) is 0 Å². The number of rotatable bonds is 0. The molecule has 0 fully saturated rings. The number of nitriles is 1. The Morgan fingerprint density at radius 3 is 2.70 bits per heavy atom. The molecule has 0 bridgehead atoms. The van der Waals surface area contributed by atoms with Crippen LogP contribution in [0.5, 0.6) is 0 Å². The Bertz CT molecular complexity index is 286. The van der Waals surface area contributed by atoms with Gasteiger partial charge in [-0.1, -0.05) is 6.07 Å². The second kappa shape index (κ2) is 2.76. The quantitative estimate of drug-likeness (QED) is 0.561. The molecule has 1 aromatic rings. The summed E-state index contributed by atoms with van der Waals surface area (Å²) in [6.45, 7) is 1.96. The van der Waals surface area contributed by atoms with Gasteiger partial charge in [0.05, 0.1) is 11.6 Å². The van der Waals surface area contributed by atoms with Crippen LogP contribution in [0, 0.1) is 18.3 Å². The smallest absolute Gasteiger partial charge is 0.0992 e. The summed E-state index contributed by atoms with van der Waals surface area (Å²) in [7, 11) is 0. The van der Waals surface area contributed by atoms with E-state index in [0.29, 0.717) is 5.56 Å². The van der Waals surface area contributed by atoms with Crippen LogP contribution in [0.3, 0.4) is 0 Å². The second-order valence-electron chi connectivity index (χ2n) is 2.11. The van der Waals surface area contributed by atoms with E-state index in [9.17, 15) is 0 Å². The molecule has 1 aromatic carbocycles. The Morgan fingerprint density at radius 2 is 2.20 bits per heavy atom. The van der Waals surface area contributed by atoms with Crippen molar-refractivity contribution in [2.24, 2.45) is 0 Å². The van der Waals surface area contributed by atoms with Gasteiger partial charge in [0.2, 0.25) is 0 Å². The predicted octanol–water partition coefficient (Wildman–Crippen LogP) is 2.16. The number of nitrogens with zero attached hydrogens (tertiary/aromatic N) is 1. The predicted molar refractivity (Wildman–Crippen MR) is 43.1 cm³/mol. The van der Waals surface area contributed by atoms with Crippen LogP contribution in [0.2, 0.25) is 0 Å². The highest BCUT2D eigenvalue weighted by atomic mass is 32.1. The van der Waals surface area contributed by atoms with Gasteiger partial charge in [0.15, 0.2) is 0 Å². The lowest BCUT2D eigenvalue weighted by Crippen LogP contribution is -1.77. The van der Waals surface area contributed by atoms with Gasteiger partial charge >= 0.3 is 0 Å². The van der Waals surface area contributed by atoms with Gasteiger partial charge in [-0.15, -0.1) is 12.6 Å². The minimum atomic E-state index is 0.663. The molecule has 0 saturated carbocycles. The van der Waals surface area contributed by atoms with E-state index in [1.807, 2.05) is 19.1 Å². The van der Waals surface area contributed by atoms with Crippen LogP contribution in [0.1, 0.15) is 11.1 Å². The summed E-state index contributed by atoms with van der Waals surface area (Å²) in [5, 5.41) is 8.47. The molecule has 0 aliphatic carbocycles. The van der Waals surface area contributed by atoms with Crippen molar-refractivity contribution < 1.29 is 0 Å². The Kier molecular flexibility index (Phi) is 1.98. The van der Waals surface area contributed by atoms with Crippen LogP contribution in [-0.4, -0.2) is 0 Å². The van der Waals surface area contributed by atoms with E-state index in [4.69, 9.17) is 5.26 Å². The summed E-state index contributed by atoms with van der Waals surface area (Å²) >= 11 is 4.17. The number of thiol groups is 1. The molecule has 1 nitrogen and oxygen atoms in total. The van der Waals surface area contributed by atoms with Crippen molar-refractivity contribution in [1.82, 2.24) is 0 Å². The summed E-state index contributed by atoms with van der Waals surface area (Å²) in [5.41, 5.74) is 1.76. The lowest BCUT2D eigenvalue weighted by Gasteiger charge is -1.96. The number of aryl methyl sites for hydroxylation is 1. The molecular formula is C8H7NS. The molecule has 0 saturated heterocycles. The van der Waals surface area contributed by atoms with Gasteiger partial charge in [0.1, 0.15) is 0 Å². The number of hydrogen-bond donors (Lipinski definition) is 1. The molecule has 0 atom stereocenters. The van der Waals surface area contributed by atoms with Crippen molar-refractivity contribution in [2.45, 2.75) is 11.8 Å². The van der Waals surface area contributed by atoms with Crippen LogP contribution >= 0.6 is 12.6 Å². The molecule has 50 valence electrons. The van der Waals surface area contributed by atoms with Gasteiger partial charge in [-0.2, -0.15) is 5.26 Å². The van der Waals surface area contributed by atoms with Crippen LogP contribution in [0.4, 0.5) is 0 Å². The fourth-order valence-corrected chi connectivity index (χ4v) is 0.893. The zero-order chi connectivity index (χ0) is 7.56. The molecule has 0 aromatic heterocycles. The van der Waals surface area contributed by atoms with Gasteiger partial charge in [0, 0.05) is 4.90 Å². The summed E-state index contributed by atoms with van der Waals surface area (Å²) in [4.78, 5) is 0.874. The van der Waals surface area contributed by atoms with Crippen LogP contribution in [0.25, 0.3) is 0 Å². The number of hydrogen-bond acceptors (Lipinski definition) is 2. The molecule has 0 amide bonds. The van der Waals surface area contributed by atoms with Crippen LogP contribution in [-0.2, 0) is 0 Å². The van der Waals surface area contributed by atoms with E-state index in [2.05, 4.69) is 12.6 Å².